The Kier molecular flexibility index (Phi) is 10.8. The van der Waals surface area contributed by atoms with Gasteiger partial charge in [0, 0.05) is 23.6 Å². The molecule has 0 bridgehead atoms. The van der Waals surface area contributed by atoms with Crippen LogP contribution in [-0.2, 0) is 6.42 Å². The van der Waals surface area contributed by atoms with Gasteiger partial charge in [0.05, 0.1) is 0 Å². The molecule has 6 heteroatoms. The average Bonchev–Trinajstić information content (AvgIpc) is 2.87. The van der Waals surface area contributed by atoms with Crippen LogP contribution in [0.15, 0.2) is 72.8 Å². The normalized spacial score (nSPS) is 10.5. The van der Waals surface area contributed by atoms with E-state index in [1.54, 1.807) is 0 Å². The fourth-order valence-electron chi connectivity index (χ4n) is 3.86. The second kappa shape index (κ2) is 14.6. The maximum atomic E-state index is 12.2. The van der Waals surface area contributed by atoms with Crippen molar-refractivity contribution in [2.24, 2.45) is 0 Å². The molecule has 3 aromatic carbocycles. The van der Waals surface area contributed by atoms with Crippen LogP contribution in [0.3, 0.4) is 0 Å². The fourth-order valence-corrected chi connectivity index (χ4v) is 3.86. The topological polar surface area (TPSA) is 82.3 Å². The Labute approximate surface area is 214 Å². The lowest BCUT2D eigenvalue weighted by Gasteiger charge is -2.10. The van der Waals surface area contributed by atoms with Gasteiger partial charge in [0.2, 0.25) is 0 Å². The number of nitrogens with one attached hydrogen (secondary N) is 4. The number of urea groups is 2. The number of unbranched alkanes of at least 4 members (excludes halogenated alkanes) is 5. The number of aryl methyl sites for hydroxylation is 1. The Bertz CT molecular complexity index is 1080. The summed E-state index contributed by atoms with van der Waals surface area (Å²) in [5.74, 6) is 0. The summed E-state index contributed by atoms with van der Waals surface area (Å²) in [5, 5.41) is 11.5. The highest BCUT2D eigenvalue weighted by Crippen LogP contribution is 2.17. The molecule has 0 atom stereocenters. The van der Waals surface area contributed by atoms with Crippen LogP contribution in [0.4, 0.5) is 26.7 Å². The van der Waals surface area contributed by atoms with Gasteiger partial charge in [0.25, 0.3) is 0 Å². The molecule has 0 spiro atoms. The molecule has 3 rings (SSSR count). The van der Waals surface area contributed by atoms with Crippen molar-refractivity contribution in [2.75, 3.05) is 22.5 Å². The summed E-state index contributed by atoms with van der Waals surface area (Å²) in [7, 11) is 0. The quantitative estimate of drug-likeness (QED) is 0.198. The Morgan fingerprint density at radius 3 is 1.56 bits per heavy atom. The molecule has 190 valence electrons. The van der Waals surface area contributed by atoms with Gasteiger partial charge in [0.1, 0.15) is 0 Å². The molecule has 0 heterocycles. The summed E-state index contributed by atoms with van der Waals surface area (Å²) in [5.41, 5.74) is 5.69. The van der Waals surface area contributed by atoms with Gasteiger partial charge in [-0.1, -0.05) is 81.0 Å². The average molecular weight is 487 g/mol. The highest BCUT2D eigenvalue weighted by Gasteiger charge is 2.05. The highest BCUT2D eigenvalue weighted by atomic mass is 16.2. The monoisotopic (exact) mass is 486 g/mol. The number of anilines is 3. The summed E-state index contributed by atoms with van der Waals surface area (Å²) in [6.45, 7) is 4.92. The molecule has 3 aromatic rings. The van der Waals surface area contributed by atoms with Crippen molar-refractivity contribution >= 4 is 29.1 Å². The molecule has 0 unspecified atom stereocenters. The Hall–Kier alpha value is -3.80. The lowest BCUT2D eigenvalue weighted by atomic mass is 10.0. The first-order chi connectivity index (χ1) is 17.5. The first kappa shape index (κ1) is 26.8. The number of hydrogen-bond donors (Lipinski definition) is 4. The van der Waals surface area contributed by atoms with E-state index in [9.17, 15) is 9.59 Å². The standard InChI is InChI=1S/C30H38N4O2/c1-3-4-5-6-7-8-21-31-29(35)32-27-17-11-24(12-18-27)22-25-13-19-28(20-14-25)34-30(36)33-26-15-9-23(2)10-16-26/h9-20H,3-8,21-22H2,1-2H3,(H2,31,32,35)(H2,33,34,36). The molecular weight excluding hydrogens is 448 g/mol. The smallest absolute Gasteiger partial charge is 0.323 e. The van der Waals surface area contributed by atoms with E-state index in [1.165, 1.54) is 25.7 Å². The van der Waals surface area contributed by atoms with E-state index in [4.69, 9.17) is 0 Å². The predicted octanol–water partition coefficient (Wildman–Crippen LogP) is 7.71. The van der Waals surface area contributed by atoms with Crippen LogP contribution in [0.5, 0.6) is 0 Å². The maximum Gasteiger partial charge on any atom is 0.323 e. The Morgan fingerprint density at radius 1 is 0.583 bits per heavy atom. The molecule has 0 aromatic heterocycles. The molecule has 0 aliphatic carbocycles. The van der Waals surface area contributed by atoms with Gasteiger partial charge < -0.3 is 21.3 Å². The third-order valence-electron chi connectivity index (χ3n) is 5.96. The van der Waals surface area contributed by atoms with Crippen molar-refractivity contribution in [3.8, 4) is 0 Å². The number of carbonyl (C=O) groups excluding carboxylic acids is 2. The molecule has 4 amide bonds. The van der Waals surface area contributed by atoms with Crippen molar-refractivity contribution in [2.45, 2.75) is 58.8 Å². The predicted molar refractivity (Wildman–Crippen MR) is 150 cm³/mol. The molecule has 0 radical (unpaired) electrons. The van der Waals surface area contributed by atoms with Gasteiger partial charge in [-0.05, 0) is 67.3 Å². The minimum absolute atomic E-state index is 0.161. The van der Waals surface area contributed by atoms with Crippen LogP contribution in [0.2, 0.25) is 0 Å². The van der Waals surface area contributed by atoms with Crippen molar-refractivity contribution < 1.29 is 9.59 Å². The lowest BCUT2D eigenvalue weighted by molar-refractivity contribution is 0.252. The number of amides is 4. The molecule has 4 N–H and O–H groups in total. The van der Waals surface area contributed by atoms with E-state index in [2.05, 4.69) is 28.2 Å². The van der Waals surface area contributed by atoms with Gasteiger partial charge in [-0.15, -0.1) is 0 Å². The van der Waals surface area contributed by atoms with E-state index in [0.717, 1.165) is 53.0 Å². The largest absolute Gasteiger partial charge is 0.338 e. The van der Waals surface area contributed by atoms with Crippen molar-refractivity contribution in [3.05, 3.63) is 89.5 Å². The zero-order valence-electron chi connectivity index (χ0n) is 21.4. The molecule has 36 heavy (non-hydrogen) atoms. The van der Waals surface area contributed by atoms with E-state index in [1.807, 2.05) is 79.7 Å². The molecule has 0 aliphatic heterocycles. The van der Waals surface area contributed by atoms with Crippen LogP contribution in [0.1, 0.15) is 62.1 Å². The summed E-state index contributed by atoms with van der Waals surface area (Å²) in [6, 6.07) is 22.9. The Morgan fingerprint density at radius 2 is 1.03 bits per heavy atom. The number of benzene rings is 3. The summed E-state index contributed by atoms with van der Waals surface area (Å²) >= 11 is 0. The summed E-state index contributed by atoms with van der Waals surface area (Å²) in [6.07, 6.45) is 8.00. The zero-order chi connectivity index (χ0) is 25.6. The SMILES string of the molecule is CCCCCCCCNC(=O)Nc1ccc(Cc2ccc(NC(=O)Nc3ccc(C)cc3)cc2)cc1. The summed E-state index contributed by atoms with van der Waals surface area (Å²) < 4.78 is 0. The fraction of sp³-hybridized carbons (Fsp3) is 0.333. The lowest BCUT2D eigenvalue weighted by Crippen LogP contribution is -2.29. The first-order valence-electron chi connectivity index (χ1n) is 12.9. The Balaban J connectivity index is 1.38. The molecule has 0 saturated carbocycles. The second-order valence-corrected chi connectivity index (χ2v) is 9.16. The number of carbonyl (C=O) groups is 2. The van der Waals surface area contributed by atoms with Crippen LogP contribution >= 0.6 is 0 Å². The van der Waals surface area contributed by atoms with Crippen LogP contribution in [0, 0.1) is 6.92 Å². The minimum Gasteiger partial charge on any atom is -0.338 e. The zero-order valence-corrected chi connectivity index (χ0v) is 21.4. The van der Waals surface area contributed by atoms with Crippen LogP contribution in [0.25, 0.3) is 0 Å². The minimum atomic E-state index is -0.272. The van der Waals surface area contributed by atoms with E-state index in [-0.39, 0.29) is 12.1 Å². The maximum absolute atomic E-state index is 12.2. The number of hydrogen-bond acceptors (Lipinski definition) is 2. The molecule has 0 saturated heterocycles. The van der Waals surface area contributed by atoms with Crippen LogP contribution in [-0.4, -0.2) is 18.6 Å². The van der Waals surface area contributed by atoms with Gasteiger partial charge in [-0.3, -0.25) is 0 Å². The van der Waals surface area contributed by atoms with Crippen molar-refractivity contribution in [1.82, 2.24) is 5.32 Å². The van der Waals surface area contributed by atoms with Gasteiger partial charge >= 0.3 is 12.1 Å². The van der Waals surface area contributed by atoms with Crippen LogP contribution < -0.4 is 21.3 Å². The molecule has 0 fully saturated rings. The van der Waals surface area contributed by atoms with Gasteiger partial charge in [0.15, 0.2) is 0 Å². The first-order valence-corrected chi connectivity index (χ1v) is 12.9. The third-order valence-corrected chi connectivity index (χ3v) is 5.96. The second-order valence-electron chi connectivity index (χ2n) is 9.16. The van der Waals surface area contributed by atoms with E-state index < -0.39 is 0 Å². The highest BCUT2D eigenvalue weighted by molar-refractivity contribution is 5.99. The van der Waals surface area contributed by atoms with Crippen molar-refractivity contribution in [3.63, 3.8) is 0 Å². The van der Waals surface area contributed by atoms with E-state index in [0.29, 0.717) is 6.54 Å². The number of rotatable bonds is 12. The molecule has 6 nitrogen and oxygen atoms in total. The van der Waals surface area contributed by atoms with Gasteiger partial charge in [-0.2, -0.15) is 0 Å². The summed E-state index contributed by atoms with van der Waals surface area (Å²) in [4.78, 5) is 24.3. The third kappa shape index (κ3) is 9.82. The van der Waals surface area contributed by atoms with Crippen molar-refractivity contribution in [1.29, 1.82) is 0 Å². The van der Waals surface area contributed by atoms with Gasteiger partial charge in [-0.25, -0.2) is 9.59 Å². The molecule has 0 aliphatic rings. The van der Waals surface area contributed by atoms with E-state index >= 15 is 0 Å². The molecular formula is C30H38N4O2.